The lowest BCUT2D eigenvalue weighted by molar-refractivity contribution is 0.563. The van der Waals surface area contributed by atoms with E-state index >= 15 is 0 Å². The molecule has 1 heterocycles. The molecular formula is C12H10O2. The number of hydrogen-bond donors (Lipinski definition) is 0. The van der Waals surface area contributed by atoms with Crippen LogP contribution in [-0.2, 0) is 0 Å². The first-order valence-electron chi connectivity index (χ1n) is 4.39. The maximum absolute atomic E-state index is 11.8. The Kier molecular flexibility index (Phi) is 1.97. The van der Waals surface area contributed by atoms with Crippen LogP contribution in [-0.4, -0.2) is 0 Å². The maximum Gasteiger partial charge on any atom is 0.200 e. The molecule has 0 saturated carbocycles. The molecule has 0 spiro atoms. The van der Waals surface area contributed by atoms with E-state index in [1.807, 2.05) is 12.1 Å². The lowest BCUT2D eigenvalue weighted by Crippen LogP contribution is -2.06. The summed E-state index contributed by atoms with van der Waals surface area (Å²) in [6.45, 7) is 5.37. The number of benzene rings is 1. The molecule has 0 atom stereocenters. The minimum atomic E-state index is -0.0145. The second-order valence-corrected chi connectivity index (χ2v) is 3.10. The van der Waals surface area contributed by atoms with Crippen molar-refractivity contribution in [2.24, 2.45) is 0 Å². The predicted octanol–water partition coefficient (Wildman–Crippen LogP) is 2.74. The molecule has 2 aromatic rings. The summed E-state index contributed by atoms with van der Waals surface area (Å²) in [6, 6.07) is 7.21. The van der Waals surface area contributed by atoms with Gasteiger partial charge in [-0.3, -0.25) is 4.79 Å². The number of rotatable bonds is 1. The monoisotopic (exact) mass is 186 g/mol. The van der Waals surface area contributed by atoms with Crippen molar-refractivity contribution < 1.29 is 4.42 Å². The van der Waals surface area contributed by atoms with Gasteiger partial charge in [0.05, 0.1) is 10.9 Å². The smallest absolute Gasteiger partial charge is 0.200 e. The van der Waals surface area contributed by atoms with Crippen LogP contribution in [0.4, 0.5) is 0 Å². The molecular weight excluding hydrogens is 176 g/mol. The zero-order valence-corrected chi connectivity index (χ0v) is 7.91. The first-order valence-corrected chi connectivity index (χ1v) is 4.39. The summed E-state index contributed by atoms with van der Waals surface area (Å²) in [5.41, 5.74) is 1.16. The van der Waals surface area contributed by atoms with Crippen molar-refractivity contribution in [3.05, 3.63) is 52.4 Å². The van der Waals surface area contributed by atoms with Gasteiger partial charge in [0, 0.05) is 0 Å². The first kappa shape index (κ1) is 8.75. The van der Waals surface area contributed by atoms with Crippen molar-refractivity contribution in [1.82, 2.24) is 0 Å². The van der Waals surface area contributed by atoms with Crippen LogP contribution < -0.4 is 5.43 Å². The van der Waals surface area contributed by atoms with E-state index < -0.39 is 0 Å². The zero-order valence-electron chi connectivity index (χ0n) is 7.91. The Morgan fingerprint density at radius 2 is 2.07 bits per heavy atom. The van der Waals surface area contributed by atoms with Crippen molar-refractivity contribution >= 4 is 17.0 Å². The largest absolute Gasteiger partial charge is 0.460 e. The molecule has 0 aliphatic heterocycles. The van der Waals surface area contributed by atoms with Gasteiger partial charge in [0.25, 0.3) is 0 Å². The predicted molar refractivity (Wildman–Crippen MR) is 57.3 cm³/mol. The summed E-state index contributed by atoms with van der Waals surface area (Å²) in [7, 11) is 0. The summed E-state index contributed by atoms with van der Waals surface area (Å²) in [5, 5.41) is 0.605. The number of hydrogen-bond acceptors (Lipinski definition) is 2. The molecule has 0 amide bonds. The van der Waals surface area contributed by atoms with Crippen LogP contribution in [0.1, 0.15) is 11.3 Å². The van der Waals surface area contributed by atoms with E-state index in [4.69, 9.17) is 4.42 Å². The minimum absolute atomic E-state index is 0.0145. The van der Waals surface area contributed by atoms with Crippen LogP contribution in [0.5, 0.6) is 0 Å². The quantitative estimate of drug-likeness (QED) is 0.685. The molecule has 14 heavy (non-hydrogen) atoms. The fourth-order valence-corrected chi connectivity index (χ4v) is 1.50. The van der Waals surface area contributed by atoms with Gasteiger partial charge in [-0.15, -0.1) is 0 Å². The van der Waals surface area contributed by atoms with Crippen LogP contribution >= 0.6 is 0 Å². The van der Waals surface area contributed by atoms with Crippen LogP contribution in [0.3, 0.4) is 0 Å². The highest BCUT2D eigenvalue weighted by Gasteiger charge is 2.06. The summed E-state index contributed by atoms with van der Waals surface area (Å²) < 4.78 is 5.49. The number of fused-ring (bicyclic) bond motifs is 1. The van der Waals surface area contributed by atoms with Gasteiger partial charge in [-0.1, -0.05) is 24.8 Å². The molecule has 0 bridgehead atoms. The van der Waals surface area contributed by atoms with Crippen molar-refractivity contribution in [2.75, 3.05) is 0 Å². The third-order valence-electron chi connectivity index (χ3n) is 2.22. The van der Waals surface area contributed by atoms with E-state index in [0.717, 1.165) is 0 Å². The summed E-state index contributed by atoms with van der Waals surface area (Å²) in [4.78, 5) is 11.8. The average Bonchev–Trinajstić information content (AvgIpc) is 2.18. The Balaban J connectivity index is 3.00. The van der Waals surface area contributed by atoms with E-state index in [-0.39, 0.29) is 5.43 Å². The highest BCUT2D eigenvalue weighted by Crippen LogP contribution is 2.14. The average molecular weight is 186 g/mol. The normalized spacial score (nSPS) is 10.4. The maximum atomic E-state index is 11.8. The molecule has 0 fully saturated rings. The molecule has 0 N–H and O–H groups in total. The lowest BCUT2D eigenvalue weighted by Gasteiger charge is -2.01. The number of para-hydroxylation sites is 1. The molecule has 1 aromatic heterocycles. The van der Waals surface area contributed by atoms with Gasteiger partial charge in [0.1, 0.15) is 11.3 Å². The van der Waals surface area contributed by atoms with Gasteiger partial charge in [-0.2, -0.15) is 0 Å². The fraction of sp³-hybridized carbons (Fsp3) is 0.0833. The fourth-order valence-electron chi connectivity index (χ4n) is 1.50. The molecule has 0 unspecified atom stereocenters. The van der Waals surface area contributed by atoms with Crippen molar-refractivity contribution in [3.63, 3.8) is 0 Å². The minimum Gasteiger partial charge on any atom is -0.460 e. The standard InChI is InChI=1S/C12H10O2/c1-3-9-8(2)14-11-7-5-4-6-10(11)12(9)13/h3-7H,1H2,2H3. The van der Waals surface area contributed by atoms with Crippen LogP contribution in [0, 0.1) is 6.92 Å². The Morgan fingerprint density at radius 1 is 1.36 bits per heavy atom. The van der Waals surface area contributed by atoms with Crippen molar-refractivity contribution in [2.45, 2.75) is 6.92 Å². The molecule has 0 saturated heterocycles. The van der Waals surface area contributed by atoms with E-state index in [0.29, 0.717) is 22.3 Å². The van der Waals surface area contributed by atoms with Gasteiger partial charge >= 0.3 is 0 Å². The Labute approximate surface area is 81.5 Å². The van der Waals surface area contributed by atoms with E-state index in [2.05, 4.69) is 6.58 Å². The van der Waals surface area contributed by atoms with Crippen LogP contribution in [0.2, 0.25) is 0 Å². The third kappa shape index (κ3) is 1.16. The number of aryl methyl sites for hydroxylation is 1. The second-order valence-electron chi connectivity index (χ2n) is 3.10. The Morgan fingerprint density at radius 3 is 2.79 bits per heavy atom. The second kappa shape index (κ2) is 3.14. The molecule has 2 rings (SSSR count). The highest BCUT2D eigenvalue weighted by molar-refractivity contribution is 5.78. The van der Waals surface area contributed by atoms with Gasteiger partial charge in [0.15, 0.2) is 5.43 Å². The Hall–Kier alpha value is -1.83. The molecule has 2 nitrogen and oxygen atoms in total. The highest BCUT2D eigenvalue weighted by atomic mass is 16.3. The molecule has 70 valence electrons. The molecule has 2 heteroatoms. The summed E-state index contributed by atoms with van der Waals surface area (Å²) in [5.74, 6) is 0.615. The van der Waals surface area contributed by atoms with E-state index in [1.54, 1.807) is 19.1 Å². The van der Waals surface area contributed by atoms with Crippen molar-refractivity contribution in [3.8, 4) is 0 Å². The van der Waals surface area contributed by atoms with Crippen LogP contribution in [0.15, 0.2) is 40.1 Å². The van der Waals surface area contributed by atoms with Gasteiger partial charge < -0.3 is 4.42 Å². The van der Waals surface area contributed by atoms with Gasteiger partial charge in [0.2, 0.25) is 0 Å². The van der Waals surface area contributed by atoms with Gasteiger partial charge in [-0.25, -0.2) is 0 Å². The van der Waals surface area contributed by atoms with E-state index in [1.165, 1.54) is 6.08 Å². The molecule has 0 radical (unpaired) electrons. The topological polar surface area (TPSA) is 30.2 Å². The van der Waals surface area contributed by atoms with Crippen LogP contribution in [0.25, 0.3) is 17.0 Å². The third-order valence-corrected chi connectivity index (χ3v) is 2.22. The van der Waals surface area contributed by atoms with E-state index in [9.17, 15) is 4.79 Å². The van der Waals surface area contributed by atoms with Gasteiger partial charge in [-0.05, 0) is 19.1 Å². The van der Waals surface area contributed by atoms with Crippen molar-refractivity contribution in [1.29, 1.82) is 0 Å². The lowest BCUT2D eigenvalue weighted by atomic mass is 10.1. The molecule has 0 aliphatic rings. The summed E-state index contributed by atoms with van der Waals surface area (Å²) >= 11 is 0. The molecule has 0 aliphatic carbocycles. The Bertz CT molecular complexity index is 550. The first-order chi connectivity index (χ1) is 6.74. The zero-order chi connectivity index (χ0) is 10.1. The molecule has 1 aromatic carbocycles. The summed E-state index contributed by atoms with van der Waals surface area (Å²) in [6.07, 6.45) is 1.54. The SMILES string of the molecule is C=Cc1c(C)oc2ccccc2c1=O.